The molecule has 168 valence electrons. The molecule has 0 aliphatic heterocycles. The summed E-state index contributed by atoms with van der Waals surface area (Å²) >= 11 is 0. The predicted octanol–water partition coefficient (Wildman–Crippen LogP) is 5.85. The Labute approximate surface area is 195 Å². The molecular weight excluding hydrogens is 412 g/mol. The van der Waals surface area contributed by atoms with Gasteiger partial charge in [-0.3, -0.25) is 4.79 Å². The molecule has 0 radical (unpaired) electrons. The van der Waals surface area contributed by atoms with E-state index in [1.54, 1.807) is 37.5 Å². The number of anilines is 1. The third-order valence-electron chi connectivity index (χ3n) is 5.09. The predicted molar refractivity (Wildman–Crippen MR) is 132 cm³/mol. The lowest BCUT2D eigenvalue weighted by Gasteiger charge is -2.13. The van der Waals surface area contributed by atoms with Crippen LogP contribution in [0.5, 0.6) is 11.5 Å². The number of methoxy groups -OCH3 is 1. The highest BCUT2D eigenvalue weighted by molar-refractivity contribution is 6.09. The summed E-state index contributed by atoms with van der Waals surface area (Å²) in [5, 5.41) is 12.3. The summed E-state index contributed by atoms with van der Waals surface area (Å²) < 4.78 is 11.0. The topological polar surface area (TPSA) is 71.3 Å². The zero-order valence-corrected chi connectivity index (χ0v) is 19.4. The van der Waals surface area contributed by atoms with Gasteiger partial charge in [0.1, 0.15) is 23.1 Å². The van der Waals surface area contributed by atoms with E-state index in [1.165, 1.54) is 16.7 Å². The fourth-order valence-corrected chi connectivity index (χ4v) is 3.68. The number of hydrogen-bond donors (Lipinski definition) is 1. The molecule has 1 N–H and O–H groups in total. The number of carbonyl (C=O) groups is 1. The molecule has 0 atom stereocenters. The van der Waals surface area contributed by atoms with Crippen molar-refractivity contribution in [3.63, 3.8) is 0 Å². The first-order valence-electron chi connectivity index (χ1n) is 10.8. The average Bonchev–Trinajstić information content (AvgIpc) is 2.79. The van der Waals surface area contributed by atoms with Gasteiger partial charge in [-0.05, 0) is 73.9 Å². The molecule has 0 fully saturated rings. The van der Waals surface area contributed by atoms with Crippen molar-refractivity contribution in [2.75, 3.05) is 19.0 Å². The highest BCUT2D eigenvalue weighted by Gasteiger charge is 2.12. The Bertz CT molecular complexity index is 1180. The quantitative estimate of drug-likeness (QED) is 0.352. The van der Waals surface area contributed by atoms with E-state index < -0.39 is 5.91 Å². The maximum atomic E-state index is 12.6. The second-order valence-electron chi connectivity index (χ2n) is 7.83. The van der Waals surface area contributed by atoms with Gasteiger partial charge < -0.3 is 14.8 Å². The van der Waals surface area contributed by atoms with Crippen molar-refractivity contribution in [1.82, 2.24) is 0 Å². The van der Waals surface area contributed by atoms with E-state index in [2.05, 4.69) is 37.4 Å². The number of benzene rings is 3. The molecule has 0 spiro atoms. The third-order valence-corrected chi connectivity index (χ3v) is 5.09. The SMILES string of the molecule is CCOc1cc(/C=C(\C#N)C(=O)Nc2ccc(OC)cc2)ccc1Cc1cc(C)cc(C)c1. The smallest absolute Gasteiger partial charge is 0.266 e. The minimum atomic E-state index is -0.472. The summed E-state index contributed by atoms with van der Waals surface area (Å²) in [5.74, 6) is 0.964. The van der Waals surface area contributed by atoms with E-state index >= 15 is 0 Å². The standard InChI is InChI=1S/C28H28N2O3/c1-5-33-27-17-21(6-7-23(27)16-22-13-19(2)12-20(3)14-22)15-24(18-29)28(31)30-25-8-10-26(32-4)11-9-25/h6-15,17H,5,16H2,1-4H3,(H,30,31)/b24-15+. The van der Waals surface area contributed by atoms with Crippen LogP contribution in [0.15, 0.2) is 66.2 Å². The molecule has 5 nitrogen and oxygen atoms in total. The molecule has 0 aromatic heterocycles. The molecule has 0 aliphatic carbocycles. The van der Waals surface area contributed by atoms with Gasteiger partial charge in [0.2, 0.25) is 0 Å². The van der Waals surface area contributed by atoms with Crippen molar-refractivity contribution < 1.29 is 14.3 Å². The molecule has 1 amide bonds. The minimum Gasteiger partial charge on any atom is -0.497 e. The van der Waals surface area contributed by atoms with E-state index in [-0.39, 0.29) is 5.57 Å². The minimum absolute atomic E-state index is 0.00956. The van der Waals surface area contributed by atoms with Gasteiger partial charge in [0.05, 0.1) is 13.7 Å². The molecule has 3 aromatic carbocycles. The van der Waals surface area contributed by atoms with Crippen LogP contribution in [0.4, 0.5) is 5.69 Å². The molecule has 0 saturated carbocycles. The van der Waals surface area contributed by atoms with Gasteiger partial charge >= 0.3 is 0 Å². The molecule has 5 heteroatoms. The molecule has 0 unspecified atom stereocenters. The number of aryl methyl sites for hydroxylation is 2. The van der Waals surface area contributed by atoms with Gasteiger partial charge in [0.25, 0.3) is 5.91 Å². The number of hydrogen-bond acceptors (Lipinski definition) is 4. The molecule has 33 heavy (non-hydrogen) atoms. The summed E-state index contributed by atoms with van der Waals surface area (Å²) in [4.78, 5) is 12.6. The first-order valence-corrected chi connectivity index (χ1v) is 10.8. The number of nitrogens with zero attached hydrogens (tertiary/aromatic N) is 1. The Morgan fingerprint density at radius 3 is 2.33 bits per heavy atom. The zero-order chi connectivity index (χ0) is 23.8. The lowest BCUT2D eigenvalue weighted by molar-refractivity contribution is -0.112. The monoisotopic (exact) mass is 440 g/mol. The summed E-state index contributed by atoms with van der Waals surface area (Å²) in [5.41, 5.74) is 6.04. The average molecular weight is 441 g/mol. The van der Waals surface area contributed by atoms with Crippen molar-refractivity contribution in [1.29, 1.82) is 5.26 Å². The molecule has 0 heterocycles. The van der Waals surface area contributed by atoms with Gasteiger partial charge in [0, 0.05) is 12.1 Å². The first-order chi connectivity index (χ1) is 15.9. The number of amides is 1. The maximum Gasteiger partial charge on any atom is 0.266 e. The Morgan fingerprint density at radius 1 is 1.03 bits per heavy atom. The van der Waals surface area contributed by atoms with E-state index in [0.717, 1.165) is 23.3 Å². The lowest BCUT2D eigenvalue weighted by atomic mass is 9.98. The van der Waals surface area contributed by atoms with Crippen LogP contribution in [0, 0.1) is 25.2 Å². The maximum absolute atomic E-state index is 12.6. The molecular formula is C28H28N2O3. The number of rotatable bonds is 8. The summed E-state index contributed by atoms with van der Waals surface area (Å²) in [6.07, 6.45) is 2.31. The van der Waals surface area contributed by atoms with Crippen molar-refractivity contribution in [2.45, 2.75) is 27.2 Å². The first kappa shape index (κ1) is 23.6. The Morgan fingerprint density at radius 2 is 1.73 bits per heavy atom. The van der Waals surface area contributed by atoms with Crippen LogP contribution in [0.2, 0.25) is 0 Å². The van der Waals surface area contributed by atoms with Crippen molar-refractivity contribution >= 4 is 17.7 Å². The number of nitrogens with one attached hydrogen (secondary N) is 1. The Kier molecular flexibility index (Phi) is 7.88. The van der Waals surface area contributed by atoms with Gasteiger partial charge in [0.15, 0.2) is 0 Å². The fraction of sp³-hybridized carbons (Fsp3) is 0.214. The normalized spacial score (nSPS) is 10.9. The fourth-order valence-electron chi connectivity index (χ4n) is 3.68. The van der Waals surface area contributed by atoms with Gasteiger partial charge in [-0.15, -0.1) is 0 Å². The van der Waals surface area contributed by atoms with Gasteiger partial charge in [-0.1, -0.05) is 41.5 Å². The van der Waals surface area contributed by atoms with Crippen LogP contribution in [-0.2, 0) is 11.2 Å². The van der Waals surface area contributed by atoms with Crippen molar-refractivity contribution in [3.8, 4) is 17.6 Å². The van der Waals surface area contributed by atoms with E-state index in [1.807, 2.05) is 31.2 Å². The van der Waals surface area contributed by atoms with Gasteiger partial charge in [-0.25, -0.2) is 0 Å². The second kappa shape index (κ2) is 11.0. The number of carbonyl (C=O) groups excluding carboxylic acids is 1. The molecule has 0 saturated heterocycles. The second-order valence-corrected chi connectivity index (χ2v) is 7.83. The van der Waals surface area contributed by atoms with Crippen LogP contribution in [0.25, 0.3) is 6.08 Å². The van der Waals surface area contributed by atoms with E-state index in [0.29, 0.717) is 18.0 Å². The summed E-state index contributed by atoms with van der Waals surface area (Å²) in [6, 6.07) is 21.2. The lowest BCUT2D eigenvalue weighted by Crippen LogP contribution is -2.13. The highest BCUT2D eigenvalue weighted by Crippen LogP contribution is 2.26. The Balaban J connectivity index is 1.83. The third kappa shape index (κ3) is 6.47. The van der Waals surface area contributed by atoms with Gasteiger partial charge in [-0.2, -0.15) is 5.26 Å². The summed E-state index contributed by atoms with van der Waals surface area (Å²) in [7, 11) is 1.58. The summed E-state index contributed by atoms with van der Waals surface area (Å²) in [6.45, 7) is 6.64. The Hall–Kier alpha value is -4.04. The molecule has 0 aliphatic rings. The van der Waals surface area contributed by atoms with Crippen LogP contribution in [0.1, 0.15) is 34.7 Å². The van der Waals surface area contributed by atoms with Crippen LogP contribution in [-0.4, -0.2) is 19.6 Å². The highest BCUT2D eigenvalue weighted by atomic mass is 16.5. The molecule has 3 rings (SSSR count). The number of nitriles is 1. The van der Waals surface area contributed by atoms with Crippen LogP contribution in [0.3, 0.4) is 0 Å². The molecule has 3 aromatic rings. The zero-order valence-electron chi connectivity index (χ0n) is 19.4. The van der Waals surface area contributed by atoms with Crippen LogP contribution < -0.4 is 14.8 Å². The van der Waals surface area contributed by atoms with Crippen molar-refractivity contribution in [2.24, 2.45) is 0 Å². The van der Waals surface area contributed by atoms with E-state index in [9.17, 15) is 10.1 Å². The van der Waals surface area contributed by atoms with Crippen LogP contribution >= 0.6 is 0 Å². The van der Waals surface area contributed by atoms with Crippen molar-refractivity contribution in [3.05, 3.63) is 94.1 Å². The molecule has 0 bridgehead atoms. The number of ether oxygens (including phenoxy) is 2. The van der Waals surface area contributed by atoms with E-state index in [4.69, 9.17) is 9.47 Å². The largest absolute Gasteiger partial charge is 0.497 e.